The summed E-state index contributed by atoms with van der Waals surface area (Å²) in [5.74, 6) is -3.29. The number of amides is 2. The molecule has 0 spiro atoms. The fourth-order valence-electron chi connectivity index (χ4n) is 3.31. The van der Waals surface area contributed by atoms with Crippen LogP contribution < -0.4 is 15.4 Å². The second kappa shape index (κ2) is 10.5. The number of anilines is 1. The summed E-state index contributed by atoms with van der Waals surface area (Å²) in [6, 6.07) is 1.75. The van der Waals surface area contributed by atoms with Gasteiger partial charge in [-0.2, -0.15) is 4.37 Å². The Bertz CT molecular complexity index is 924. The Balaban J connectivity index is 1.57. The van der Waals surface area contributed by atoms with Crippen LogP contribution >= 0.6 is 11.5 Å². The molecule has 31 heavy (non-hydrogen) atoms. The van der Waals surface area contributed by atoms with Crippen molar-refractivity contribution in [1.29, 1.82) is 0 Å². The van der Waals surface area contributed by atoms with E-state index >= 15 is 0 Å². The molecule has 2 amide bonds. The number of carbonyl (C=O) groups excluding carboxylic acids is 1. The molecule has 8 nitrogen and oxygen atoms in total. The lowest BCUT2D eigenvalue weighted by atomic mass is 10.1. The summed E-state index contributed by atoms with van der Waals surface area (Å²) in [6.07, 6.45) is 3.18. The van der Waals surface area contributed by atoms with Gasteiger partial charge in [-0.05, 0) is 75.0 Å². The van der Waals surface area contributed by atoms with Gasteiger partial charge >= 0.3 is 12.0 Å². The number of nitrogens with one attached hydrogen (secondary N) is 2. The first kappa shape index (κ1) is 22.9. The van der Waals surface area contributed by atoms with Crippen LogP contribution in [0.5, 0.6) is 5.88 Å². The first-order chi connectivity index (χ1) is 14.8. The van der Waals surface area contributed by atoms with Crippen molar-refractivity contribution in [3.05, 3.63) is 40.5 Å². The Labute approximate surface area is 182 Å². The van der Waals surface area contributed by atoms with Crippen molar-refractivity contribution < 1.29 is 28.2 Å². The number of urea groups is 1. The lowest BCUT2D eigenvalue weighted by molar-refractivity contribution is 0.0693. The number of ether oxygens (including phenoxy) is 1. The molecule has 3 rings (SSSR count). The third-order valence-electron chi connectivity index (χ3n) is 4.88. The third kappa shape index (κ3) is 6.11. The van der Waals surface area contributed by atoms with Crippen molar-refractivity contribution in [2.24, 2.45) is 0 Å². The van der Waals surface area contributed by atoms with Crippen LogP contribution in [0.1, 0.15) is 40.7 Å². The highest BCUT2D eigenvalue weighted by atomic mass is 32.1. The van der Waals surface area contributed by atoms with Crippen molar-refractivity contribution in [1.82, 2.24) is 14.6 Å². The van der Waals surface area contributed by atoms with Crippen LogP contribution in [0.15, 0.2) is 12.1 Å². The Morgan fingerprint density at radius 3 is 2.58 bits per heavy atom. The molecular weight excluding hydrogens is 430 g/mol. The number of hydrogen-bond acceptors (Lipinski definition) is 6. The quantitative estimate of drug-likeness (QED) is 0.500. The van der Waals surface area contributed by atoms with Gasteiger partial charge in [-0.1, -0.05) is 0 Å². The summed E-state index contributed by atoms with van der Waals surface area (Å²) < 4.78 is 37.1. The molecule has 1 saturated heterocycles. The number of carboxylic acids is 1. The number of nitrogens with zero attached hydrogens (tertiary/aromatic N) is 2. The van der Waals surface area contributed by atoms with Crippen LogP contribution in [-0.4, -0.2) is 52.6 Å². The molecule has 1 aliphatic rings. The van der Waals surface area contributed by atoms with Gasteiger partial charge in [-0.25, -0.2) is 18.4 Å². The van der Waals surface area contributed by atoms with Crippen molar-refractivity contribution in [2.45, 2.75) is 32.8 Å². The SMILES string of the molecule is Cc1cc(F)c(COc2nsc(NC(=O)NCCCN3CCCC3)c2C(=O)O)c(F)c1. The second-order valence-electron chi connectivity index (χ2n) is 7.28. The molecule has 0 unspecified atom stereocenters. The predicted octanol–water partition coefficient (Wildman–Crippen LogP) is 3.61. The highest BCUT2D eigenvalue weighted by Crippen LogP contribution is 2.31. The number of rotatable bonds is 9. The normalized spacial score (nSPS) is 13.9. The highest BCUT2D eigenvalue weighted by molar-refractivity contribution is 7.11. The fraction of sp³-hybridized carbons (Fsp3) is 0.450. The zero-order valence-electron chi connectivity index (χ0n) is 17.0. The third-order valence-corrected chi connectivity index (χ3v) is 5.62. The van der Waals surface area contributed by atoms with Crippen LogP contribution in [-0.2, 0) is 6.61 Å². The number of carbonyl (C=O) groups is 2. The van der Waals surface area contributed by atoms with Gasteiger partial charge in [-0.3, -0.25) is 5.32 Å². The molecule has 11 heteroatoms. The van der Waals surface area contributed by atoms with Gasteiger partial charge < -0.3 is 20.1 Å². The average molecular weight is 454 g/mol. The Kier molecular flexibility index (Phi) is 7.75. The van der Waals surface area contributed by atoms with Crippen LogP contribution in [0.2, 0.25) is 0 Å². The van der Waals surface area contributed by atoms with Crippen molar-refractivity contribution >= 4 is 28.5 Å². The zero-order chi connectivity index (χ0) is 22.4. The van der Waals surface area contributed by atoms with Crippen LogP contribution in [0.4, 0.5) is 18.6 Å². The van der Waals surface area contributed by atoms with Gasteiger partial charge in [0.25, 0.3) is 0 Å². The number of hydrogen-bond donors (Lipinski definition) is 3. The smallest absolute Gasteiger partial charge is 0.344 e. The lowest BCUT2D eigenvalue weighted by Gasteiger charge is -2.14. The molecule has 1 fully saturated rings. The van der Waals surface area contributed by atoms with Crippen LogP contribution in [0.3, 0.4) is 0 Å². The molecule has 1 aliphatic heterocycles. The number of aromatic nitrogens is 1. The van der Waals surface area contributed by atoms with Gasteiger partial charge in [0.2, 0.25) is 5.88 Å². The standard InChI is InChI=1S/C20H24F2N4O4S/c1-12-9-14(21)13(15(22)10-12)11-30-17-16(19(27)28)18(31-25-17)24-20(29)23-5-4-8-26-6-2-3-7-26/h9-10H,2-8,11H2,1H3,(H,27,28)(H2,23,24,29). The molecular formula is C20H24F2N4O4S. The van der Waals surface area contributed by atoms with E-state index in [2.05, 4.69) is 19.9 Å². The number of benzene rings is 1. The number of aromatic carboxylic acids is 1. The minimum atomic E-state index is -1.38. The first-order valence-corrected chi connectivity index (χ1v) is 10.7. The van der Waals surface area contributed by atoms with Crippen molar-refractivity contribution in [3.63, 3.8) is 0 Å². The number of halogens is 2. The van der Waals surface area contributed by atoms with Crippen molar-refractivity contribution in [2.75, 3.05) is 31.5 Å². The molecule has 1 aromatic heterocycles. The minimum absolute atomic E-state index is 0.0237. The summed E-state index contributed by atoms with van der Waals surface area (Å²) in [4.78, 5) is 26.1. The first-order valence-electron chi connectivity index (χ1n) is 9.92. The Morgan fingerprint density at radius 1 is 1.26 bits per heavy atom. The number of likely N-dealkylation sites (tertiary alicyclic amines) is 1. The van der Waals surface area contributed by atoms with E-state index in [1.807, 2.05) is 0 Å². The molecule has 0 radical (unpaired) electrons. The maximum atomic E-state index is 14.0. The molecule has 0 bridgehead atoms. The summed E-state index contributed by atoms with van der Waals surface area (Å²) >= 11 is 0.715. The molecule has 0 saturated carbocycles. The van der Waals surface area contributed by atoms with E-state index in [0.29, 0.717) is 23.6 Å². The van der Waals surface area contributed by atoms with Gasteiger partial charge in [0, 0.05) is 6.54 Å². The maximum Gasteiger partial charge on any atom is 0.344 e. The molecule has 168 valence electrons. The van der Waals surface area contributed by atoms with E-state index < -0.39 is 30.2 Å². The molecule has 3 N–H and O–H groups in total. The van der Waals surface area contributed by atoms with Gasteiger partial charge in [0.15, 0.2) is 5.56 Å². The summed E-state index contributed by atoms with van der Waals surface area (Å²) in [7, 11) is 0. The highest BCUT2D eigenvalue weighted by Gasteiger charge is 2.24. The van der Waals surface area contributed by atoms with Gasteiger partial charge in [-0.15, -0.1) is 0 Å². The number of carboxylic acid groups (broad SMARTS) is 1. The number of aryl methyl sites for hydroxylation is 1. The molecule has 2 heterocycles. The zero-order valence-corrected chi connectivity index (χ0v) is 17.9. The largest absolute Gasteiger partial charge is 0.477 e. The van der Waals surface area contributed by atoms with E-state index in [4.69, 9.17) is 4.74 Å². The summed E-state index contributed by atoms with van der Waals surface area (Å²) in [5, 5.41) is 14.6. The topological polar surface area (TPSA) is 104 Å². The molecule has 1 aromatic carbocycles. The van der Waals surface area contributed by atoms with Gasteiger partial charge in [0.1, 0.15) is 23.2 Å². The van der Waals surface area contributed by atoms with E-state index in [9.17, 15) is 23.5 Å². The van der Waals surface area contributed by atoms with E-state index in [1.165, 1.54) is 12.8 Å². The molecule has 0 aliphatic carbocycles. The van der Waals surface area contributed by atoms with Crippen LogP contribution in [0.25, 0.3) is 0 Å². The second-order valence-corrected chi connectivity index (χ2v) is 8.05. The molecule has 2 aromatic rings. The van der Waals surface area contributed by atoms with E-state index in [1.54, 1.807) is 6.92 Å². The fourth-order valence-corrected chi connectivity index (χ4v) is 4.04. The lowest BCUT2D eigenvalue weighted by Crippen LogP contribution is -2.32. The average Bonchev–Trinajstić information content (AvgIpc) is 3.34. The molecule has 0 atom stereocenters. The van der Waals surface area contributed by atoms with E-state index in [0.717, 1.165) is 38.2 Å². The summed E-state index contributed by atoms with van der Waals surface area (Å²) in [6.45, 7) is 4.51. The van der Waals surface area contributed by atoms with Crippen molar-refractivity contribution in [3.8, 4) is 5.88 Å². The summed E-state index contributed by atoms with van der Waals surface area (Å²) in [5.41, 5.74) is -0.290. The maximum absolute atomic E-state index is 14.0. The van der Waals surface area contributed by atoms with Crippen LogP contribution in [0, 0.1) is 18.6 Å². The van der Waals surface area contributed by atoms with Gasteiger partial charge in [0.05, 0.1) is 5.56 Å². The Morgan fingerprint density at radius 2 is 1.94 bits per heavy atom. The Hall–Kier alpha value is -2.79. The predicted molar refractivity (Wildman–Crippen MR) is 112 cm³/mol. The van der Waals surface area contributed by atoms with E-state index in [-0.39, 0.29) is 22.0 Å². The minimum Gasteiger partial charge on any atom is -0.477 e. The monoisotopic (exact) mass is 454 g/mol.